The average molecular weight is 660 g/mol. The van der Waals surface area contributed by atoms with Gasteiger partial charge in [-0.1, -0.05) is 110 Å². The largest absolute Gasteiger partial charge is 0.530 e. The molecule has 0 aliphatic carbocycles. The number of carbonyl (C=O) groups excluding carboxylic acids is 2. The lowest BCUT2D eigenvalue weighted by molar-refractivity contribution is -0.136. The lowest BCUT2D eigenvalue weighted by Crippen LogP contribution is -2.28. The summed E-state index contributed by atoms with van der Waals surface area (Å²) in [7, 11) is -3.00. The number of methoxy groups -OCH3 is 1. The van der Waals surface area contributed by atoms with Gasteiger partial charge in [-0.3, -0.25) is 14.4 Å². The third-order valence-corrected chi connectivity index (χ3v) is 7.87. The van der Waals surface area contributed by atoms with E-state index in [1.807, 2.05) is 97.9 Å². The molecule has 11 heteroatoms. The number of hydrogen-bond donors (Lipinski definition) is 1. The van der Waals surface area contributed by atoms with Crippen LogP contribution in [0.1, 0.15) is 42.0 Å². The average Bonchev–Trinajstić information content (AvgIpc) is 3.11. The molecular formula is C36H38NO9P. The number of alkyl carbamates (subject to hydrolysis) is 1. The third kappa shape index (κ3) is 11.8. The first-order chi connectivity index (χ1) is 22.9. The molecule has 10 nitrogen and oxygen atoms in total. The Labute approximate surface area is 274 Å². The maximum atomic E-state index is 14.0. The fourth-order valence-electron chi connectivity index (χ4n) is 4.09. The SMILES string of the molecule is CCCCOc1cc(/C=C(\NC(=O)OCc2ccccc2)C(=O)OC)ccc1OP(=O)(OCc1ccccc1)OCc1ccccc1. The summed E-state index contributed by atoms with van der Waals surface area (Å²) in [6.45, 7) is 2.34. The molecule has 1 N–H and O–H groups in total. The van der Waals surface area contributed by atoms with Gasteiger partial charge in [0.2, 0.25) is 0 Å². The van der Waals surface area contributed by atoms with Gasteiger partial charge < -0.3 is 18.7 Å². The predicted octanol–water partition coefficient (Wildman–Crippen LogP) is 8.23. The van der Waals surface area contributed by atoms with Crippen LogP contribution in [-0.2, 0) is 47.7 Å². The number of nitrogens with one attached hydrogen (secondary N) is 1. The van der Waals surface area contributed by atoms with Crippen LogP contribution in [-0.4, -0.2) is 25.8 Å². The molecule has 0 unspecified atom stereocenters. The normalized spacial score (nSPS) is 11.4. The van der Waals surface area contributed by atoms with Gasteiger partial charge in [-0.25, -0.2) is 14.2 Å². The number of ether oxygens (including phenoxy) is 3. The van der Waals surface area contributed by atoms with Crippen LogP contribution in [0.5, 0.6) is 11.5 Å². The van der Waals surface area contributed by atoms with Crippen LogP contribution < -0.4 is 14.6 Å². The zero-order valence-electron chi connectivity index (χ0n) is 26.3. The minimum Gasteiger partial charge on any atom is -0.490 e. The highest BCUT2D eigenvalue weighted by molar-refractivity contribution is 7.48. The Kier molecular flexibility index (Phi) is 13.6. The molecule has 0 aromatic heterocycles. The monoisotopic (exact) mass is 659 g/mol. The van der Waals surface area contributed by atoms with Gasteiger partial charge in [0.1, 0.15) is 12.3 Å². The van der Waals surface area contributed by atoms with E-state index in [1.165, 1.54) is 19.3 Å². The molecule has 0 heterocycles. The highest BCUT2D eigenvalue weighted by Gasteiger charge is 2.31. The summed E-state index contributed by atoms with van der Waals surface area (Å²) in [6.07, 6.45) is 2.19. The van der Waals surface area contributed by atoms with Crippen molar-refractivity contribution in [3.8, 4) is 11.5 Å². The Bertz CT molecular complexity index is 1600. The van der Waals surface area contributed by atoms with Gasteiger partial charge in [-0.05, 0) is 46.9 Å². The summed E-state index contributed by atoms with van der Waals surface area (Å²) in [5, 5.41) is 2.44. The molecular weight excluding hydrogens is 621 g/mol. The topological polar surface area (TPSA) is 119 Å². The van der Waals surface area contributed by atoms with Gasteiger partial charge in [0, 0.05) is 0 Å². The maximum Gasteiger partial charge on any atom is 0.530 e. The molecule has 47 heavy (non-hydrogen) atoms. The van der Waals surface area contributed by atoms with Crippen molar-refractivity contribution in [3.05, 3.63) is 137 Å². The predicted molar refractivity (Wildman–Crippen MR) is 177 cm³/mol. The quantitative estimate of drug-likeness (QED) is 0.0518. The second-order valence-electron chi connectivity index (χ2n) is 10.2. The standard InChI is InChI=1S/C36H38NO9P/c1-3-4-22-42-34-24-31(23-32(35(38)41-2)37-36(39)43-25-28-14-8-5-9-15-28)20-21-33(34)46-47(40,44-26-29-16-10-6-11-17-29)45-27-30-18-12-7-13-19-30/h5-21,23-24H,3-4,22,25-27H2,1-2H3,(H,37,39)/b32-23-. The number of benzene rings is 4. The van der Waals surface area contributed by atoms with Crippen molar-refractivity contribution < 1.29 is 41.9 Å². The van der Waals surface area contributed by atoms with Crippen molar-refractivity contribution in [1.29, 1.82) is 0 Å². The molecule has 4 rings (SSSR count). The smallest absolute Gasteiger partial charge is 0.490 e. The van der Waals surface area contributed by atoms with E-state index < -0.39 is 19.9 Å². The third-order valence-electron chi connectivity index (χ3n) is 6.56. The van der Waals surface area contributed by atoms with E-state index in [4.69, 9.17) is 27.8 Å². The highest BCUT2D eigenvalue weighted by atomic mass is 31.2. The molecule has 0 saturated carbocycles. The van der Waals surface area contributed by atoms with Crippen LogP contribution in [0.3, 0.4) is 0 Å². The first-order valence-electron chi connectivity index (χ1n) is 15.1. The van der Waals surface area contributed by atoms with E-state index in [9.17, 15) is 14.2 Å². The van der Waals surface area contributed by atoms with Gasteiger partial charge in [-0.2, -0.15) is 0 Å². The molecule has 0 aliphatic heterocycles. The fraction of sp³-hybridized carbons (Fsp3) is 0.222. The minimum atomic E-state index is -4.20. The first kappa shape index (κ1) is 35.0. The van der Waals surface area contributed by atoms with Gasteiger partial charge in [0.15, 0.2) is 11.5 Å². The molecule has 1 amide bonds. The molecule has 4 aromatic rings. The Morgan fingerprint density at radius 1 is 0.745 bits per heavy atom. The van der Waals surface area contributed by atoms with E-state index in [0.717, 1.165) is 29.5 Å². The zero-order chi connectivity index (χ0) is 33.3. The summed E-state index contributed by atoms with van der Waals surface area (Å²) in [6, 6.07) is 32.3. The van der Waals surface area contributed by atoms with Gasteiger partial charge in [0.05, 0.1) is 26.9 Å². The molecule has 0 fully saturated rings. The summed E-state index contributed by atoms with van der Waals surface area (Å²) in [5.74, 6) is -0.448. The first-order valence-corrected chi connectivity index (χ1v) is 16.5. The summed E-state index contributed by atoms with van der Waals surface area (Å²) >= 11 is 0. The van der Waals surface area contributed by atoms with Crippen LogP contribution in [0.15, 0.2) is 115 Å². The van der Waals surface area contributed by atoms with Crippen molar-refractivity contribution in [2.75, 3.05) is 13.7 Å². The minimum absolute atomic E-state index is 0.0152. The van der Waals surface area contributed by atoms with Gasteiger partial charge >= 0.3 is 19.9 Å². The molecule has 0 aliphatic rings. The summed E-state index contributed by atoms with van der Waals surface area (Å²) in [5.41, 5.74) is 2.64. The number of esters is 1. The van der Waals surface area contributed by atoms with Gasteiger partial charge in [-0.15, -0.1) is 0 Å². The van der Waals surface area contributed by atoms with E-state index in [-0.39, 0.29) is 37.0 Å². The van der Waals surface area contributed by atoms with Crippen LogP contribution in [0, 0.1) is 0 Å². The van der Waals surface area contributed by atoms with Crippen LogP contribution >= 0.6 is 7.82 Å². The number of phosphoric acid groups is 1. The lowest BCUT2D eigenvalue weighted by Gasteiger charge is -2.21. The van der Waals surface area contributed by atoms with Crippen molar-refractivity contribution in [3.63, 3.8) is 0 Å². The molecule has 0 saturated heterocycles. The second-order valence-corrected chi connectivity index (χ2v) is 11.8. The Hall–Kier alpha value is -4.89. The van der Waals surface area contributed by atoms with Crippen LogP contribution in [0.2, 0.25) is 0 Å². The Morgan fingerprint density at radius 3 is 1.83 bits per heavy atom. The fourth-order valence-corrected chi connectivity index (χ4v) is 5.27. The number of phosphoric ester groups is 1. The molecule has 4 aromatic carbocycles. The van der Waals surface area contributed by atoms with Crippen molar-refractivity contribution in [2.45, 2.75) is 39.6 Å². The second kappa shape index (κ2) is 18.3. The number of amides is 1. The van der Waals surface area contributed by atoms with E-state index in [0.29, 0.717) is 12.2 Å². The van der Waals surface area contributed by atoms with E-state index in [1.54, 1.807) is 12.1 Å². The number of carbonyl (C=O) groups is 2. The van der Waals surface area contributed by atoms with Crippen LogP contribution in [0.4, 0.5) is 4.79 Å². The molecule has 0 radical (unpaired) electrons. The molecule has 0 bridgehead atoms. The number of rotatable bonds is 17. The summed E-state index contributed by atoms with van der Waals surface area (Å²) in [4.78, 5) is 25.1. The van der Waals surface area contributed by atoms with E-state index >= 15 is 0 Å². The Morgan fingerprint density at radius 2 is 1.30 bits per heavy atom. The molecule has 0 spiro atoms. The van der Waals surface area contributed by atoms with Gasteiger partial charge in [0.25, 0.3) is 0 Å². The molecule has 246 valence electrons. The lowest BCUT2D eigenvalue weighted by atomic mass is 10.1. The molecule has 0 atom stereocenters. The maximum absolute atomic E-state index is 14.0. The Balaban J connectivity index is 1.57. The van der Waals surface area contributed by atoms with Crippen molar-refractivity contribution in [2.24, 2.45) is 0 Å². The van der Waals surface area contributed by atoms with Crippen LogP contribution in [0.25, 0.3) is 6.08 Å². The van der Waals surface area contributed by atoms with E-state index in [2.05, 4.69) is 5.32 Å². The number of hydrogen-bond acceptors (Lipinski definition) is 9. The number of unbranched alkanes of at least 4 members (excludes halogenated alkanes) is 1. The zero-order valence-corrected chi connectivity index (χ0v) is 27.2. The summed E-state index contributed by atoms with van der Waals surface area (Å²) < 4.78 is 47.7. The highest BCUT2D eigenvalue weighted by Crippen LogP contribution is 2.53. The van der Waals surface area contributed by atoms with Crippen molar-refractivity contribution in [1.82, 2.24) is 5.32 Å². The van der Waals surface area contributed by atoms with Crippen molar-refractivity contribution >= 4 is 26.0 Å².